The maximum absolute atomic E-state index is 5.46. The normalized spacial score (nSPS) is 17.4. The standard InChI is InChI=1S/C18H22N4O2/c1-4-14-21-18(24-22-14)17-10(2)15-13(8-19-17)20-12-7-5-6-11(9-23-3)16(12)15/h8,11,20H,4-7,9H2,1-3H3. The molecule has 0 saturated heterocycles. The molecule has 3 heterocycles. The van der Waals surface area contributed by atoms with Gasteiger partial charge in [-0.2, -0.15) is 4.98 Å². The molecule has 0 aromatic carbocycles. The second-order valence-corrected chi connectivity index (χ2v) is 6.45. The minimum absolute atomic E-state index is 0.426. The Kier molecular flexibility index (Phi) is 3.84. The Morgan fingerprint density at radius 3 is 3.04 bits per heavy atom. The molecule has 1 aliphatic rings. The van der Waals surface area contributed by atoms with E-state index in [0.717, 1.165) is 42.6 Å². The molecule has 24 heavy (non-hydrogen) atoms. The second-order valence-electron chi connectivity index (χ2n) is 6.45. The molecule has 3 aromatic rings. The molecule has 0 radical (unpaired) electrons. The van der Waals surface area contributed by atoms with Crippen molar-refractivity contribution in [3.8, 4) is 11.6 Å². The van der Waals surface area contributed by atoms with Gasteiger partial charge in [-0.1, -0.05) is 12.1 Å². The molecule has 1 atom stereocenters. The van der Waals surface area contributed by atoms with Gasteiger partial charge >= 0.3 is 0 Å². The van der Waals surface area contributed by atoms with Crippen molar-refractivity contribution >= 4 is 10.9 Å². The topological polar surface area (TPSA) is 76.8 Å². The average molecular weight is 326 g/mol. The number of ether oxygens (including phenoxy) is 1. The highest BCUT2D eigenvalue weighted by Gasteiger charge is 2.27. The summed E-state index contributed by atoms with van der Waals surface area (Å²) in [6.45, 7) is 4.85. The molecule has 4 rings (SSSR count). The van der Waals surface area contributed by atoms with Gasteiger partial charge in [0.15, 0.2) is 5.82 Å². The van der Waals surface area contributed by atoms with Crippen molar-refractivity contribution in [3.05, 3.63) is 28.8 Å². The van der Waals surface area contributed by atoms with E-state index < -0.39 is 0 Å². The number of nitrogens with one attached hydrogen (secondary N) is 1. The average Bonchev–Trinajstić information content (AvgIpc) is 3.20. The fourth-order valence-electron chi connectivity index (χ4n) is 3.83. The van der Waals surface area contributed by atoms with Gasteiger partial charge in [0.25, 0.3) is 5.89 Å². The minimum Gasteiger partial charge on any atom is -0.384 e. The fourth-order valence-corrected chi connectivity index (χ4v) is 3.83. The fraction of sp³-hybridized carbons (Fsp3) is 0.500. The predicted octanol–water partition coefficient (Wildman–Crippen LogP) is 3.55. The molecule has 0 amide bonds. The van der Waals surface area contributed by atoms with Gasteiger partial charge in [0.2, 0.25) is 0 Å². The third kappa shape index (κ3) is 2.33. The second kappa shape index (κ2) is 6.02. The van der Waals surface area contributed by atoms with E-state index in [1.54, 1.807) is 7.11 Å². The zero-order valence-corrected chi connectivity index (χ0v) is 14.3. The Hall–Kier alpha value is -2.21. The van der Waals surface area contributed by atoms with Crippen molar-refractivity contribution in [2.24, 2.45) is 0 Å². The number of aromatic amines is 1. The van der Waals surface area contributed by atoms with Gasteiger partial charge in [-0.3, -0.25) is 0 Å². The molecule has 0 aliphatic heterocycles. The van der Waals surface area contributed by atoms with Gasteiger partial charge in [0, 0.05) is 30.5 Å². The molecule has 0 bridgehead atoms. The van der Waals surface area contributed by atoms with Crippen molar-refractivity contribution in [3.63, 3.8) is 0 Å². The largest absolute Gasteiger partial charge is 0.384 e. The number of hydrogen-bond acceptors (Lipinski definition) is 5. The number of fused-ring (bicyclic) bond motifs is 3. The molecule has 3 aromatic heterocycles. The number of H-pyrrole nitrogens is 1. The van der Waals surface area contributed by atoms with E-state index in [1.165, 1.54) is 23.1 Å². The van der Waals surface area contributed by atoms with E-state index in [9.17, 15) is 0 Å². The van der Waals surface area contributed by atoms with Crippen LogP contribution >= 0.6 is 0 Å². The SMILES string of the molecule is CCc1noc(-c2ncc3[nH]c4c(c3c2C)C(COC)CCC4)n1. The maximum Gasteiger partial charge on any atom is 0.276 e. The number of pyridine rings is 1. The lowest BCUT2D eigenvalue weighted by Gasteiger charge is -2.22. The van der Waals surface area contributed by atoms with Crippen molar-refractivity contribution in [1.29, 1.82) is 0 Å². The van der Waals surface area contributed by atoms with E-state index in [1.807, 2.05) is 13.1 Å². The van der Waals surface area contributed by atoms with E-state index in [4.69, 9.17) is 9.26 Å². The first-order chi connectivity index (χ1) is 11.7. The quantitative estimate of drug-likeness (QED) is 0.793. The van der Waals surface area contributed by atoms with E-state index in [-0.39, 0.29) is 0 Å². The van der Waals surface area contributed by atoms with Crippen LogP contribution in [0.25, 0.3) is 22.5 Å². The van der Waals surface area contributed by atoms with Crippen LogP contribution in [0.3, 0.4) is 0 Å². The highest BCUT2D eigenvalue weighted by atomic mass is 16.5. The number of aromatic nitrogens is 4. The summed E-state index contributed by atoms with van der Waals surface area (Å²) in [6.07, 6.45) is 6.07. The molecular weight excluding hydrogens is 304 g/mol. The Labute approximate surface area is 140 Å². The number of nitrogens with zero attached hydrogens (tertiary/aromatic N) is 3. The summed E-state index contributed by atoms with van der Waals surface area (Å²) in [5, 5.41) is 5.24. The molecular formula is C18H22N4O2. The molecule has 126 valence electrons. The van der Waals surface area contributed by atoms with Gasteiger partial charge in [-0.15, -0.1) is 0 Å². The molecule has 6 nitrogen and oxygen atoms in total. The lowest BCUT2D eigenvalue weighted by atomic mass is 9.84. The highest BCUT2D eigenvalue weighted by Crippen LogP contribution is 2.40. The summed E-state index contributed by atoms with van der Waals surface area (Å²) in [4.78, 5) is 12.6. The van der Waals surface area contributed by atoms with Gasteiger partial charge in [-0.05, 0) is 37.3 Å². The molecule has 0 saturated carbocycles. The van der Waals surface area contributed by atoms with Crippen molar-refractivity contribution in [1.82, 2.24) is 20.1 Å². The van der Waals surface area contributed by atoms with Crippen molar-refractivity contribution < 1.29 is 9.26 Å². The summed E-state index contributed by atoms with van der Waals surface area (Å²) in [5.74, 6) is 1.63. The summed E-state index contributed by atoms with van der Waals surface area (Å²) in [7, 11) is 1.77. The van der Waals surface area contributed by atoms with Crippen LogP contribution in [0.5, 0.6) is 0 Å². The zero-order valence-electron chi connectivity index (χ0n) is 14.3. The molecule has 1 unspecified atom stereocenters. The smallest absolute Gasteiger partial charge is 0.276 e. The first kappa shape index (κ1) is 15.3. The predicted molar refractivity (Wildman–Crippen MR) is 91.1 cm³/mol. The zero-order chi connectivity index (χ0) is 16.7. The van der Waals surface area contributed by atoms with Gasteiger partial charge in [0.1, 0.15) is 5.69 Å². The lowest BCUT2D eigenvalue weighted by molar-refractivity contribution is 0.173. The Morgan fingerprint density at radius 2 is 2.29 bits per heavy atom. The first-order valence-corrected chi connectivity index (χ1v) is 8.54. The van der Waals surface area contributed by atoms with Gasteiger partial charge in [-0.25, -0.2) is 4.98 Å². The van der Waals surface area contributed by atoms with E-state index in [0.29, 0.717) is 17.6 Å². The van der Waals surface area contributed by atoms with Crippen LogP contribution in [-0.2, 0) is 17.6 Å². The van der Waals surface area contributed by atoms with Crippen LogP contribution < -0.4 is 0 Å². The van der Waals surface area contributed by atoms with Crippen LogP contribution in [0.15, 0.2) is 10.7 Å². The summed E-state index contributed by atoms with van der Waals surface area (Å²) in [6, 6.07) is 0. The number of aryl methyl sites for hydroxylation is 3. The molecule has 6 heteroatoms. The molecule has 1 N–H and O–H groups in total. The van der Waals surface area contributed by atoms with Crippen LogP contribution in [0.1, 0.15) is 48.3 Å². The van der Waals surface area contributed by atoms with Crippen LogP contribution in [-0.4, -0.2) is 33.8 Å². The summed E-state index contributed by atoms with van der Waals surface area (Å²) >= 11 is 0. The third-order valence-electron chi connectivity index (χ3n) is 4.94. The molecule has 0 spiro atoms. The monoisotopic (exact) mass is 326 g/mol. The number of methoxy groups -OCH3 is 1. The van der Waals surface area contributed by atoms with E-state index >= 15 is 0 Å². The third-order valence-corrected chi connectivity index (χ3v) is 4.94. The highest BCUT2D eigenvalue weighted by molar-refractivity contribution is 5.91. The van der Waals surface area contributed by atoms with Gasteiger partial charge < -0.3 is 14.2 Å². The minimum atomic E-state index is 0.426. The van der Waals surface area contributed by atoms with Crippen molar-refractivity contribution in [2.75, 3.05) is 13.7 Å². The summed E-state index contributed by atoms with van der Waals surface area (Å²) in [5.41, 5.74) is 5.66. The van der Waals surface area contributed by atoms with Crippen LogP contribution in [0, 0.1) is 6.92 Å². The van der Waals surface area contributed by atoms with Crippen molar-refractivity contribution in [2.45, 2.75) is 45.4 Å². The van der Waals surface area contributed by atoms with Gasteiger partial charge in [0.05, 0.1) is 18.3 Å². The Balaban J connectivity index is 1.90. The lowest BCUT2D eigenvalue weighted by Crippen LogP contribution is -2.13. The maximum atomic E-state index is 5.46. The number of rotatable bonds is 4. The summed E-state index contributed by atoms with van der Waals surface area (Å²) < 4.78 is 10.9. The Morgan fingerprint density at radius 1 is 1.42 bits per heavy atom. The Bertz CT molecular complexity index is 881. The van der Waals surface area contributed by atoms with E-state index in [2.05, 4.69) is 27.0 Å². The van der Waals surface area contributed by atoms with Crippen LogP contribution in [0.4, 0.5) is 0 Å². The molecule has 1 aliphatic carbocycles. The van der Waals surface area contributed by atoms with Crippen LogP contribution in [0.2, 0.25) is 0 Å². The number of hydrogen-bond donors (Lipinski definition) is 1. The molecule has 0 fully saturated rings. The first-order valence-electron chi connectivity index (χ1n) is 8.54.